The predicted octanol–water partition coefficient (Wildman–Crippen LogP) is 3.28. The molecule has 0 spiro atoms. The minimum Gasteiger partial charge on any atom is -0.507 e. The summed E-state index contributed by atoms with van der Waals surface area (Å²) in [6, 6.07) is 12.1. The van der Waals surface area contributed by atoms with Gasteiger partial charge in [0.1, 0.15) is 11.5 Å². The van der Waals surface area contributed by atoms with Gasteiger partial charge in [-0.05, 0) is 52.9 Å². The van der Waals surface area contributed by atoms with Crippen molar-refractivity contribution in [3.8, 4) is 11.5 Å². The van der Waals surface area contributed by atoms with Crippen LogP contribution in [0.5, 0.6) is 11.5 Å². The van der Waals surface area contributed by atoms with E-state index in [-0.39, 0.29) is 17.2 Å². The van der Waals surface area contributed by atoms with E-state index in [1.54, 1.807) is 32.4 Å². The van der Waals surface area contributed by atoms with Crippen molar-refractivity contribution >= 4 is 34.2 Å². The van der Waals surface area contributed by atoms with Crippen molar-refractivity contribution in [1.82, 2.24) is 0 Å². The average Bonchev–Trinajstić information content (AvgIpc) is 2.48. The van der Waals surface area contributed by atoms with Gasteiger partial charge in [-0.25, -0.2) is 0 Å². The quantitative estimate of drug-likeness (QED) is 0.828. The van der Waals surface area contributed by atoms with E-state index in [2.05, 4.69) is 22.6 Å². The number of methoxy groups -OCH3 is 1. The van der Waals surface area contributed by atoms with Crippen LogP contribution in [0, 0.1) is 3.57 Å². The molecule has 104 valence electrons. The van der Waals surface area contributed by atoms with E-state index >= 15 is 0 Å². The lowest BCUT2D eigenvalue weighted by atomic mass is 10.1. The second-order valence-electron chi connectivity index (χ2n) is 4.23. The monoisotopic (exact) mass is 383 g/mol. The molecule has 0 fully saturated rings. The molecular formula is C15H14INO3. The van der Waals surface area contributed by atoms with E-state index in [0.29, 0.717) is 11.4 Å². The molecule has 0 saturated heterocycles. The maximum atomic E-state index is 12.4. The van der Waals surface area contributed by atoms with E-state index in [1.807, 2.05) is 18.2 Å². The second kappa shape index (κ2) is 6.13. The Morgan fingerprint density at radius 2 is 2.00 bits per heavy atom. The lowest BCUT2D eigenvalue weighted by molar-refractivity contribution is 0.0990. The van der Waals surface area contributed by atoms with E-state index in [0.717, 1.165) is 3.57 Å². The minimum atomic E-state index is -0.269. The van der Waals surface area contributed by atoms with Crippen molar-refractivity contribution in [2.24, 2.45) is 0 Å². The molecule has 1 amide bonds. The highest BCUT2D eigenvalue weighted by molar-refractivity contribution is 14.1. The summed E-state index contributed by atoms with van der Waals surface area (Å²) in [6.45, 7) is 0. The van der Waals surface area contributed by atoms with Crippen LogP contribution in [0.3, 0.4) is 0 Å². The van der Waals surface area contributed by atoms with Crippen molar-refractivity contribution in [1.29, 1.82) is 0 Å². The lowest BCUT2D eigenvalue weighted by Crippen LogP contribution is -2.26. The molecule has 0 aromatic heterocycles. The Morgan fingerprint density at radius 3 is 2.70 bits per heavy atom. The van der Waals surface area contributed by atoms with Crippen molar-refractivity contribution in [2.75, 3.05) is 19.1 Å². The number of hydrogen-bond acceptors (Lipinski definition) is 3. The molecule has 2 aromatic carbocycles. The Kier molecular flexibility index (Phi) is 4.49. The number of ether oxygens (including phenoxy) is 1. The molecule has 1 N–H and O–H groups in total. The van der Waals surface area contributed by atoms with Crippen LogP contribution < -0.4 is 9.64 Å². The number of benzene rings is 2. The van der Waals surface area contributed by atoms with Crippen molar-refractivity contribution in [3.05, 3.63) is 51.6 Å². The third-order valence-electron chi connectivity index (χ3n) is 2.93. The molecule has 0 aliphatic carbocycles. The van der Waals surface area contributed by atoms with E-state index in [1.165, 1.54) is 11.0 Å². The summed E-state index contributed by atoms with van der Waals surface area (Å²) >= 11 is 2.10. The fraction of sp³-hybridized carbons (Fsp3) is 0.133. The number of carbonyl (C=O) groups excluding carboxylic acids is 1. The molecule has 0 radical (unpaired) electrons. The summed E-state index contributed by atoms with van der Waals surface area (Å²) in [5.41, 5.74) is 0.981. The fourth-order valence-electron chi connectivity index (χ4n) is 1.80. The number of phenolic OH excluding ortho intramolecular Hbond substituents is 1. The number of amides is 1. The maximum Gasteiger partial charge on any atom is 0.261 e. The normalized spacial score (nSPS) is 10.2. The number of anilines is 1. The Morgan fingerprint density at radius 1 is 1.25 bits per heavy atom. The zero-order valence-corrected chi connectivity index (χ0v) is 13.3. The highest BCUT2D eigenvalue weighted by Crippen LogP contribution is 2.25. The SMILES string of the molecule is COc1cccc(N(C)C(=O)c2cc(I)ccc2O)c1. The highest BCUT2D eigenvalue weighted by atomic mass is 127. The molecule has 5 heteroatoms. The smallest absolute Gasteiger partial charge is 0.261 e. The zero-order valence-electron chi connectivity index (χ0n) is 11.1. The third kappa shape index (κ3) is 3.04. The molecule has 2 aromatic rings. The van der Waals surface area contributed by atoms with E-state index in [4.69, 9.17) is 4.74 Å². The molecule has 2 rings (SSSR count). The van der Waals surface area contributed by atoms with Gasteiger partial charge in [0.05, 0.1) is 12.7 Å². The molecule has 0 aliphatic rings. The van der Waals surface area contributed by atoms with Crippen LogP contribution in [0.2, 0.25) is 0 Å². The van der Waals surface area contributed by atoms with Crippen LogP contribution in [0.4, 0.5) is 5.69 Å². The molecular weight excluding hydrogens is 369 g/mol. The maximum absolute atomic E-state index is 12.4. The summed E-state index contributed by atoms with van der Waals surface area (Å²) in [7, 11) is 3.24. The number of nitrogens with zero attached hydrogens (tertiary/aromatic N) is 1. The van der Waals surface area contributed by atoms with Crippen LogP contribution in [0.1, 0.15) is 10.4 Å². The number of rotatable bonds is 3. The van der Waals surface area contributed by atoms with E-state index < -0.39 is 0 Å². The third-order valence-corrected chi connectivity index (χ3v) is 3.61. The number of hydrogen-bond donors (Lipinski definition) is 1. The number of phenols is 1. The van der Waals surface area contributed by atoms with Gasteiger partial charge in [0.25, 0.3) is 5.91 Å². The van der Waals surface area contributed by atoms with Gasteiger partial charge in [0, 0.05) is 22.4 Å². The largest absolute Gasteiger partial charge is 0.507 e. The van der Waals surface area contributed by atoms with Crippen LogP contribution in [0.15, 0.2) is 42.5 Å². The van der Waals surface area contributed by atoms with Gasteiger partial charge in [0.15, 0.2) is 0 Å². The van der Waals surface area contributed by atoms with Gasteiger partial charge in [-0.3, -0.25) is 4.79 Å². The fourth-order valence-corrected chi connectivity index (χ4v) is 2.29. The van der Waals surface area contributed by atoms with Gasteiger partial charge in [-0.15, -0.1) is 0 Å². The molecule has 0 bridgehead atoms. The van der Waals surface area contributed by atoms with Crippen molar-refractivity contribution < 1.29 is 14.6 Å². The molecule has 20 heavy (non-hydrogen) atoms. The second-order valence-corrected chi connectivity index (χ2v) is 5.47. The van der Waals surface area contributed by atoms with Crippen LogP contribution >= 0.6 is 22.6 Å². The Labute approximate surface area is 131 Å². The molecule has 0 unspecified atom stereocenters. The first-order chi connectivity index (χ1) is 9.52. The first-order valence-corrected chi connectivity index (χ1v) is 7.01. The lowest BCUT2D eigenvalue weighted by Gasteiger charge is -2.18. The van der Waals surface area contributed by atoms with Gasteiger partial charge in [-0.2, -0.15) is 0 Å². The van der Waals surface area contributed by atoms with Crippen LogP contribution in [-0.2, 0) is 0 Å². The van der Waals surface area contributed by atoms with Gasteiger partial charge < -0.3 is 14.7 Å². The summed E-state index contributed by atoms with van der Waals surface area (Å²) < 4.78 is 6.04. The Hall–Kier alpha value is -1.76. The molecule has 0 aliphatic heterocycles. The molecule has 0 heterocycles. The first kappa shape index (κ1) is 14.6. The summed E-state index contributed by atoms with van der Waals surface area (Å²) in [4.78, 5) is 13.9. The zero-order chi connectivity index (χ0) is 14.7. The van der Waals surface area contributed by atoms with Crippen LogP contribution in [0.25, 0.3) is 0 Å². The summed E-state index contributed by atoms with van der Waals surface area (Å²) in [5.74, 6) is 0.383. The van der Waals surface area contributed by atoms with Gasteiger partial charge in [-0.1, -0.05) is 6.07 Å². The minimum absolute atomic E-state index is 0.0230. The van der Waals surface area contributed by atoms with E-state index in [9.17, 15) is 9.90 Å². The molecule has 4 nitrogen and oxygen atoms in total. The first-order valence-electron chi connectivity index (χ1n) is 5.93. The Bertz CT molecular complexity index is 643. The van der Waals surface area contributed by atoms with Crippen molar-refractivity contribution in [3.63, 3.8) is 0 Å². The van der Waals surface area contributed by atoms with Gasteiger partial charge >= 0.3 is 0 Å². The highest BCUT2D eigenvalue weighted by Gasteiger charge is 2.17. The average molecular weight is 383 g/mol. The predicted molar refractivity (Wildman–Crippen MR) is 86.6 cm³/mol. The van der Waals surface area contributed by atoms with Gasteiger partial charge in [0.2, 0.25) is 0 Å². The molecule has 0 atom stereocenters. The topological polar surface area (TPSA) is 49.8 Å². The van der Waals surface area contributed by atoms with Crippen LogP contribution in [-0.4, -0.2) is 25.2 Å². The number of aromatic hydroxyl groups is 1. The summed E-state index contributed by atoms with van der Waals surface area (Å²) in [6.07, 6.45) is 0. The van der Waals surface area contributed by atoms with Crippen molar-refractivity contribution in [2.45, 2.75) is 0 Å². The standard InChI is InChI=1S/C15H14INO3/c1-17(11-4-3-5-12(9-11)20-2)15(19)13-8-10(16)6-7-14(13)18/h3-9,18H,1-2H3. The number of halogens is 1. The molecule has 0 saturated carbocycles. The Balaban J connectivity index is 2.34. The number of carbonyl (C=O) groups is 1. The summed E-state index contributed by atoms with van der Waals surface area (Å²) in [5, 5.41) is 9.83.